The molecule has 0 aliphatic carbocycles. The van der Waals surface area contributed by atoms with E-state index >= 15 is 0 Å². The average Bonchev–Trinajstić information content (AvgIpc) is 3.02. The van der Waals surface area contributed by atoms with Gasteiger partial charge >= 0.3 is 0 Å². The smallest absolute Gasteiger partial charge is 0.228 e. The minimum atomic E-state index is -0.264. The maximum absolute atomic E-state index is 12.8. The van der Waals surface area contributed by atoms with E-state index < -0.39 is 0 Å². The van der Waals surface area contributed by atoms with Crippen LogP contribution in [-0.4, -0.2) is 48.1 Å². The van der Waals surface area contributed by atoms with Crippen LogP contribution in [0.2, 0.25) is 0 Å². The maximum Gasteiger partial charge on any atom is 0.228 e. The maximum atomic E-state index is 12.8. The summed E-state index contributed by atoms with van der Waals surface area (Å²) in [5.74, 6) is 0.0135. The highest BCUT2D eigenvalue weighted by molar-refractivity contribution is 6.00. The lowest BCUT2D eigenvalue weighted by atomic mass is 9.97. The standard InChI is InChI=1S/C19H26N2O3/c1-2-15-7-3-4-8-17(15)21-12-16(10-18(21)23)19(24)20-9-5-6-14(11-20)13-22/h3-4,7-8,14,16,22H,2,5-6,9-13H2,1H3. The van der Waals surface area contributed by atoms with Gasteiger partial charge in [0, 0.05) is 38.3 Å². The number of hydrogen-bond acceptors (Lipinski definition) is 3. The zero-order valence-electron chi connectivity index (χ0n) is 14.3. The number of piperidine rings is 1. The van der Waals surface area contributed by atoms with E-state index in [0.717, 1.165) is 37.1 Å². The Kier molecular flexibility index (Phi) is 5.19. The Hall–Kier alpha value is -1.88. The summed E-state index contributed by atoms with van der Waals surface area (Å²) in [5.41, 5.74) is 2.07. The molecule has 5 heteroatoms. The third-order valence-corrected chi connectivity index (χ3v) is 5.23. The monoisotopic (exact) mass is 330 g/mol. The van der Waals surface area contributed by atoms with Crippen molar-refractivity contribution in [1.82, 2.24) is 4.90 Å². The van der Waals surface area contributed by atoms with Crippen LogP contribution in [0.15, 0.2) is 24.3 Å². The number of aliphatic hydroxyl groups is 1. The predicted molar refractivity (Wildman–Crippen MR) is 92.7 cm³/mol. The van der Waals surface area contributed by atoms with Crippen molar-refractivity contribution in [1.29, 1.82) is 0 Å². The number of anilines is 1. The van der Waals surface area contributed by atoms with Gasteiger partial charge in [-0.15, -0.1) is 0 Å². The molecule has 2 unspecified atom stereocenters. The van der Waals surface area contributed by atoms with Crippen molar-refractivity contribution in [3.8, 4) is 0 Å². The van der Waals surface area contributed by atoms with Crippen LogP contribution in [0.5, 0.6) is 0 Å². The quantitative estimate of drug-likeness (QED) is 0.916. The Balaban J connectivity index is 1.71. The van der Waals surface area contributed by atoms with Crippen LogP contribution in [-0.2, 0) is 16.0 Å². The molecule has 2 fully saturated rings. The van der Waals surface area contributed by atoms with Crippen molar-refractivity contribution in [3.05, 3.63) is 29.8 Å². The van der Waals surface area contributed by atoms with Crippen molar-refractivity contribution in [2.24, 2.45) is 11.8 Å². The molecule has 2 heterocycles. The molecule has 1 aromatic carbocycles. The van der Waals surface area contributed by atoms with E-state index in [9.17, 15) is 14.7 Å². The lowest BCUT2D eigenvalue weighted by Gasteiger charge is -2.33. The lowest BCUT2D eigenvalue weighted by molar-refractivity contribution is -0.137. The van der Waals surface area contributed by atoms with Crippen molar-refractivity contribution in [2.45, 2.75) is 32.6 Å². The zero-order valence-corrected chi connectivity index (χ0v) is 14.3. The molecule has 0 bridgehead atoms. The van der Waals surface area contributed by atoms with E-state index in [4.69, 9.17) is 0 Å². The van der Waals surface area contributed by atoms with Crippen LogP contribution in [0.25, 0.3) is 0 Å². The van der Waals surface area contributed by atoms with Gasteiger partial charge in [0.2, 0.25) is 11.8 Å². The van der Waals surface area contributed by atoms with Crippen LogP contribution in [0.4, 0.5) is 5.69 Å². The number of nitrogens with zero attached hydrogens (tertiary/aromatic N) is 2. The molecular formula is C19H26N2O3. The molecule has 5 nitrogen and oxygen atoms in total. The Morgan fingerprint density at radius 3 is 2.83 bits per heavy atom. The topological polar surface area (TPSA) is 60.9 Å². The SMILES string of the molecule is CCc1ccccc1N1CC(C(=O)N2CCCC(CO)C2)CC1=O. The average molecular weight is 330 g/mol. The summed E-state index contributed by atoms with van der Waals surface area (Å²) < 4.78 is 0. The number of rotatable bonds is 4. The molecule has 0 radical (unpaired) electrons. The third kappa shape index (κ3) is 3.31. The second-order valence-electron chi connectivity index (χ2n) is 6.86. The van der Waals surface area contributed by atoms with E-state index in [1.165, 1.54) is 0 Å². The molecule has 2 aliphatic heterocycles. The molecule has 2 atom stereocenters. The molecular weight excluding hydrogens is 304 g/mol. The minimum Gasteiger partial charge on any atom is -0.396 e. The third-order valence-electron chi connectivity index (χ3n) is 5.23. The van der Waals surface area contributed by atoms with Gasteiger partial charge in [-0.25, -0.2) is 0 Å². The first-order valence-corrected chi connectivity index (χ1v) is 8.92. The summed E-state index contributed by atoms with van der Waals surface area (Å²) in [6, 6.07) is 7.92. The highest BCUT2D eigenvalue weighted by atomic mass is 16.3. The second kappa shape index (κ2) is 7.34. The molecule has 130 valence electrons. The Morgan fingerprint density at radius 1 is 1.29 bits per heavy atom. The van der Waals surface area contributed by atoms with E-state index in [0.29, 0.717) is 13.1 Å². The molecule has 2 amide bonds. The highest BCUT2D eigenvalue weighted by Crippen LogP contribution is 2.30. The van der Waals surface area contributed by atoms with Gasteiger partial charge in [-0.05, 0) is 36.8 Å². The summed E-state index contributed by atoms with van der Waals surface area (Å²) >= 11 is 0. The van der Waals surface area contributed by atoms with E-state index in [2.05, 4.69) is 6.92 Å². The van der Waals surface area contributed by atoms with E-state index in [1.54, 1.807) is 4.90 Å². The highest BCUT2D eigenvalue weighted by Gasteiger charge is 2.38. The number of aryl methyl sites for hydroxylation is 1. The van der Waals surface area contributed by atoms with E-state index in [-0.39, 0.29) is 36.7 Å². The van der Waals surface area contributed by atoms with Gasteiger partial charge < -0.3 is 14.9 Å². The Morgan fingerprint density at radius 2 is 2.08 bits per heavy atom. The van der Waals surface area contributed by atoms with Gasteiger partial charge in [0.15, 0.2) is 0 Å². The fourth-order valence-electron chi connectivity index (χ4n) is 3.85. The predicted octanol–water partition coefficient (Wildman–Crippen LogP) is 1.83. The Bertz CT molecular complexity index is 616. The molecule has 0 saturated carbocycles. The molecule has 3 rings (SSSR count). The van der Waals surface area contributed by atoms with Crippen molar-refractivity contribution >= 4 is 17.5 Å². The summed E-state index contributed by atoms with van der Waals surface area (Å²) in [7, 11) is 0. The molecule has 24 heavy (non-hydrogen) atoms. The van der Waals surface area contributed by atoms with E-state index in [1.807, 2.05) is 29.2 Å². The molecule has 1 N–H and O–H groups in total. The molecule has 1 aromatic rings. The first-order valence-electron chi connectivity index (χ1n) is 8.92. The van der Waals surface area contributed by atoms with Crippen molar-refractivity contribution < 1.29 is 14.7 Å². The molecule has 0 aromatic heterocycles. The fourth-order valence-corrected chi connectivity index (χ4v) is 3.85. The number of carbonyl (C=O) groups excluding carboxylic acids is 2. The number of amides is 2. The Labute approximate surface area is 143 Å². The van der Waals surface area contributed by atoms with Crippen LogP contribution >= 0.6 is 0 Å². The second-order valence-corrected chi connectivity index (χ2v) is 6.86. The number of aliphatic hydroxyl groups excluding tert-OH is 1. The number of hydrogen-bond donors (Lipinski definition) is 1. The minimum absolute atomic E-state index is 0.0324. The summed E-state index contributed by atoms with van der Waals surface area (Å²) in [6.07, 6.45) is 3.06. The van der Waals surface area contributed by atoms with Crippen LogP contribution in [0.3, 0.4) is 0 Å². The van der Waals surface area contributed by atoms with Crippen LogP contribution < -0.4 is 4.90 Å². The van der Waals surface area contributed by atoms with Gasteiger partial charge in [-0.2, -0.15) is 0 Å². The number of benzene rings is 1. The number of para-hydroxylation sites is 1. The molecule has 2 aliphatic rings. The zero-order chi connectivity index (χ0) is 17.1. The van der Waals surface area contributed by atoms with Gasteiger partial charge in [0.05, 0.1) is 5.92 Å². The first kappa shape index (κ1) is 17.0. The summed E-state index contributed by atoms with van der Waals surface area (Å²) in [5, 5.41) is 9.35. The van der Waals surface area contributed by atoms with Crippen LogP contribution in [0, 0.1) is 11.8 Å². The summed E-state index contributed by atoms with van der Waals surface area (Å²) in [4.78, 5) is 28.9. The number of likely N-dealkylation sites (tertiary alicyclic amines) is 1. The fraction of sp³-hybridized carbons (Fsp3) is 0.579. The van der Waals surface area contributed by atoms with Gasteiger partial charge in [0.25, 0.3) is 0 Å². The lowest BCUT2D eigenvalue weighted by Crippen LogP contribution is -2.44. The van der Waals surface area contributed by atoms with Crippen LogP contribution in [0.1, 0.15) is 31.7 Å². The summed E-state index contributed by atoms with van der Waals surface area (Å²) in [6.45, 7) is 4.03. The van der Waals surface area contributed by atoms with Gasteiger partial charge in [0.1, 0.15) is 0 Å². The molecule has 2 saturated heterocycles. The van der Waals surface area contributed by atoms with Crippen molar-refractivity contribution in [3.63, 3.8) is 0 Å². The molecule has 0 spiro atoms. The van der Waals surface area contributed by atoms with Gasteiger partial charge in [-0.1, -0.05) is 25.1 Å². The normalized spacial score (nSPS) is 24.5. The largest absolute Gasteiger partial charge is 0.396 e. The van der Waals surface area contributed by atoms with Gasteiger partial charge in [-0.3, -0.25) is 9.59 Å². The number of carbonyl (C=O) groups is 2. The van der Waals surface area contributed by atoms with Crippen molar-refractivity contribution in [2.75, 3.05) is 31.1 Å². The first-order chi connectivity index (χ1) is 11.6.